The number of hydrogen-bond acceptors (Lipinski definition) is 19. The van der Waals surface area contributed by atoms with Gasteiger partial charge in [-0.2, -0.15) is 0 Å². The van der Waals surface area contributed by atoms with Gasteiger partial charge in [0.05, 0.1) is 38.0 Å². The van der Waals surface area contributed by atoms with Crippen molar-refractivity contribution in [2.45, 2.75) is 123 Å². The summed E-state index contributed by atoms with van der Waals surface area (Å²) in [5.74, 6) is 0. The van der Waals surface area contributed by atoms with E-state index >= 15 is 0 Å². The SMILES string of the molecule is CC1O[C@@H](O[C@H]2C(CO)O[C@@H](O[C@H]3C(CO)OC(O)C(O)[C@H]3O)C(O)[C@H]2O)C(O)[C@@H](O)[C@H]1N[C@H]1C=C(CO)[C@@H](O)[C@H](O)[C@H]1O. The second-order valence-corrected chi connectivity index (χ2v) is 11.4. The smallest absolute Gasteiger partial charge is 0.187 e. The summed E-state index contributed by atoms with van der Waals surface area (Å²) in [5.41, 5.74) is 0.0225. The summed E-state index contributed by atoms with van der Waals surface area (Å²) in [6.45, 7) is -0.753. The van der Waals surface area contributed by atoms with Gasteiger partial charge in [0.2, 0.25) is 0 Å². The van der Waals surface area contributed by atoms with Gasteiger partial charge in [0, 0.05) is 0 Å². The van der Waals surface area contributed by atoms with Gasteiger partial charge in [-0.05, 0) is 12.5 Å². The highest BCUT2D eigenvalue weighted by atomic mass is 16.7. The van der Waals surface area contributed by atoms with Gasteiger partial charge in [0.25, 0.3) is 0 Å². The minimum Gasteiger partial charge on any atom is -0.394 e. The normalized spacial score (nSPS) is 52.0. The number of rotatable bonds is 9. The summed E-state index contributed by atoms with van der Waals surface area (Å²) in [4.78, 5) is 0. The van der Waals surface area contributed by atoms with E-state index in [1.807, 2.05) is 0 Å². The lowest BCUT2D eigenvalue weighted by molar-refractivity contribution is -0.373. The van der Waals surface area contributed by atoms with E-state index in [-0.39, 0.29) is 5.57 Å². The molecular weight excluding hydrogens is 602 g/mol. The minimum atomic E-state index is -1.93. The highest BCUT2D eigenvalue weighted by molar-refractivity contribution is 5.22. The van der Waals surface area contributed by atoms with Crippen LogP contribution in [0, 0.1) is 0 Å². The minimum absolute atomic E-state index is 0.0225. The molecule has 3 aliphatic heterocycles. The Kier molecular flexibility index (Phi) is 12.1. The van der Waals surface area contributed by atoms with Crippen LogP contribution in [0.2, 0.25) is 0 Å². The molecule has 0 aromatic rings. The van der Waals surface area contributed by atoms with Gasteiger partial charge in [0.1, 0.15) is 79.4 Å². The van der Waals surface area contributed by atoms with Crippen LogP contribution in [0.15, 0.2) is 11.6 Å². The van der Waals surface area contributed by atoms with Crippen molar-refractivity contribution in [2.24, 2.45) is 0 Å². The van der Waals surface area contributed by atoms with Crippen molar-refractivity contribution >= 4 is 0 Å². The van der Waals surface area contributed by atoms with Crippen LogP contribution in [0.25, 0.3) is 0 Å². The van der Waals surface area contributed by atoms with Crippen LogP contribution >= 0.6 is 0 Å². The second-order valence-electron chi connectivity index (χ2n) is 11.4. The fourth-order valence-electron chi connectivity index (χ4n) is 5.81. The maximum Gasteiger partial charge on any atom is 0.187 e. The van der Waals surface area contributed by atoms with E-state index in [4.69, 9.17) is 23.7 Å². The fourth-order valence-corrected chi connectivity index (χ4v) is 5.81. The summed E-state index contributed by atoms with van der Waals surface area (Å²) in [6.07, 6.45) is -26.6. The molecule has 19 heteroatoms. The van der Waals surface area contributed by atoms with Crippen LogP contribution in [-0.2, 0) is 23.7 Å². The molecule has 3 fully saturated rings. The zero-order valence-electron chi connectivity index (χ0n) is 23.5. The third-order valence-electron chi connectivity index (χ3n) is 8.48. The average molecular weight is 646 g/mol. The molecule has 0 radical (unpaired) electrons. The van der Waals surface area contributed by atoms with E-state index in [2.05, 4.69) is 5.32 Å². The molecule has 0 aromatic heterocycles. The van der Waals surface area contributed by atoms with E-state index in [0.717, 1.165) is 0 Å². The third-order valence-corrected chi connectivity index (χ3v) is 8.48. The Hall–Kier alpha value is -1.02. The number of aliphatic hydroxyl groups is 13. The van der Waals surface area contributed by atoms with Crippen LogP contribution in [0.4, 0.5) is 0 Å². The molecule has 256 valence electrons. The van der Waals surface area contributed by atoms with E-state index in [9.17, 15) is 66.4 Å². The van der Waals surface area contributed by atoms with Crippen molar-refractivity contribution < 1.29 is 90.1 Å². The number of aliphatic hydroxyl groups excluding tert-OH is 13. The fraction of sp³-hybridized carbons (Fsp3) is 0.920. The summed E-state index contributed by atoms with van der Waals surface area (Å²) in [6, 6.07) is -2.17. The van der Waals surface area contributed by atoms with Gasteiger partial charge in [-0.3, -0.25) is 0 Å². The molecule has 19 atom stereocenters. The van der Waals surface area contributed by atoms with Crippen molar-refractivity contribution in [1.82, 2.24) is 5.32 Å². The first-order valence-corrected chi connectivity index (χ1v) is 14.1. The van der Waals surface area contributed by atoms with E-state index in [0.29, 0.717) is 0 Å². The molecule has 4 aliphatic rings. The average Bonchev–Trinajstić information content (AvgIpc) is 3.00. The first-order chi connectivity index (χ1) is 20.7. The molecule has 3 saturated heterocycles. The number of ether oxygens (including phenoxy) is 5. The lowest BCUT2D eigenvalue weighted by Crippen LogP contribution is -2.68. The van der Waals surface area contributed by atoms with Crippen molar-refractivity contribution in [2.75, 3.05) is 19.8 Å². The van der Waals surface area contributed by atoms with Crippen molar-refractivity contribution in [3.8, 4) is 0 Å². The monoisotopic (exact) mass is 645 g/mol. The Balaban J connectivity index is 1.42. The molecule has 0 spiro atoms. The standard InChI is InChI=1S/C25H43NO18/c1-6-11(26-8-2-7(3-27)12(30)15(33)13(8)31)14(32)19(37)24(40-6)43-22-10(5-29)42-25(20(38)17(22)35)44-21-9(4-28)41-23(39)18(36)16(21)34/h2,6,8-39H,3-5H2,1H3/t6?,8-,9?,10?,11-,12+,13-,14-,15-,16+,17+,18?,19?,20?,21-,22-,23?,24-,25-/m0/s1. The predicted molar refractivity (Wildman–Crippen MR) is 138 cm³/mol. The van der Waals surface area contributed by atoms with Gasteiger partial charge in [-0.25, -0.2) is 0 Å². The molecule has 0 saturated carbocycles. The molecule has 14 N–H and O–H groups in total. The molecule has 19 nitrogen and oxygen atoms in total. The highest BCUT2D eigenvalue weighted by Gasteiger charge is 2.53. The Morgan fingerprint density at radius 1 is 0.636 bits per heavy atom. The van der Waals surface area contributed by atoms with Crippen LogP contribution in [0.1, 0.15) is 6.92 Å². The van der Waals surface area contributed by atoms with E-state index in [1.165, 1.54) is 13.0 Å². The van der Waals surface area contributed by atoms with Gasteiger partial charge in [-0.15, -0.1) is 0 Å². The maximum absolute atomic E-state index is 10.9. The van der Waals surface area contributed by atoms with E-state index < -0.39 is 136 Å². The zero-order chi connectivity index (χ0) is 32.6. The van der Waals surface area contributed by atoms with Crippen LogP contribution in [0.3, 0.4) is 0 Å². The molecule has 0 bridgehead atoms. The predicted octanol–water partition coefficient (Wildman–Crippen LogP) is -8.56. The molecule has 4 rings (SSSR count). The zero-order valence-corrected chi connectivity index (χ0v) is 23.5. The molecule has 3 heterocycles. The maximum atomic E-state index is 10.9. The molecule has 44 heavy (non-hydrogen) atoms. The largest absolute Gasteiger partial charge is 0.394 e. The van der Waals surface area contributed by atoms with Crippen molar-refractivity contribution in [3.63, 3.8) is 0 Å². The Bertz CT molecular complexity index is 958. The third kappa shape index (κ3) is 6.96. The summed E-state index contributed by atoms with van der Waals surface area (Å²) < 4.78 is 27.4. The van der Waals surface area contributed by atoms with Gasteiger partial charge in [-0.1, -0.05) is 6.08 Å². The Morgan fingerprint density at radius 2 is 1.16 bits per heavy atom. The summed E-state index contributed by atoms with van der Waals surface area (Å²) in [7, 11) is 0. The highest BCUT2D eigenvalue weighted by Crippen LogP contribution is 2.32. The van der Waals surface area contributed by atoms with Crippen LogP contribution < -0.4 is 5.32 Å². The first kappa shape index (κ1) is 35.8. The second kappa shape index (κ2) is 14.8. The molecule has 7 unspecified atom stereocenters. The van der Waals surface area contributed by atoms with Crippen LogP contribution in [0.5, 0.6) is 0 Å². The summed E-state index contributed by atoms with van der Waals surface area (Å²) >= 11 is 0. The van der Waals surface area contributed by atoms with Gasteiger partial charge >= 0.3 is 0 Å². The topological polar surface area (TPSA) is 321 Å². The Morgan fingerprint density at radius 3 is 1.73 bits per heavy atom. The number of hydrogen-bond donors (Lipinski definition) is 14. The number of nitrogens with one attached hydrogen (secondary N) is 1. The van der Waals surface area contributed by atoms with E-state index in [1.54, 1.807) is 0 Å². The van der Waals surface area contributed by atoms with Crippen LogP contribution in [-0.4, -0.2) is 203 Å². The van der Waals surface area contributed by atoms with Gasteiger partial charge < -0.3 is 95.4 Å². The Labute approximate surface area is 250 Å². The van der Waals surface area contributed by atoms with Crippen molar-refractivity contribution in [3.05, 3.63) is 11.6 Å². The quantitative estimate of drug-likeness (QED) is 0.103. The first-order valence-electron chi connectivity index (χ1n) is 14.1. The lowest BCUT2D eigenvalue weighted by Gasteiger charge is -2.48. The molecule has 0 amide bonds. The molecule has 1 aliphatic carbocycles. The van der Waals surface area contributed by atoms with Gasteiger partial charge in [0.15, 0.2) is 18.9 Å². The molecular formula is C25H43NO18. The van der Waals surface area contributed by atoms with Crippen molar-refractivity contribution in [1.29, 1.82) is 0 Å². The molecule has 0 aromatic carbocycles. The summed E-state index contributed by atoms with van der Waals surface area (Å²) in [5, 5.41) is 136. The lowest BCUT2D eigenvalue weighted by atomic mass is 9.86.